The van der Waals surface area contributed by atoms with Crippen LogP contribution in [0.25, 0.3) is 0 Å². The highest BCUT2D eigenvalue weighted by atomic mass is 32.2. The molecule has 2 heterocycles. The third kappa shape index (κ3) is 14.0. The quantitative estimate of drug-likeness (QED) is 0.249. The SMILES string of the molecule is CCn1cc[n+](C)c1.CCn1cc[n+](C)c1.O=S(=O)([O-])C(F)(F)F.O=S(=O)([O-])C(F)(F)F. The summed E-state index contributed by atoms with van der Waals surface area (Å²) in [5.74, 6) is 0. The molecule has 18 heteroatoms. The van der Waals surface area contributed by atoms with Crippen LogP contribution in [0.15, 0.2) is 37.4 Å². The van der Waals surface area contributed by atoms with Gasteiger partial charge in [0.1, 0.15) is 24.8 Å². The van der Waals surface area contributed by atoms with E-state index in [1.807, 2.05) is 35.6 Å². The Morgan fingerprint density at radius 3 is 1.00 bits per heavy atom. The minimum absolute atomic E-state index is 1.06. The Hall–Kier alpha value is -2.18. The van der Waals surface area contributed by atoms with Crippen LogP contribution in [0.3, 0.4) is 0 Å². The Labute approximate surface area is 180 Å². The lowest BCUT2D eigenvalue weighted by Crippen LogP contribution is -2.23. The van der Waals surface area contributed by atoms with Gasteiger partial charge in [-0.2, -0.15) is 26.3 Å². The van der Waals surface area contributed by atoms with Crippen molar-refractivity contribution in [2.75, 3.05) is 0 Å². The number of aromatic nitrogens is 4. The van der Waals surface area contributed by atoms with E-state index in [1.54, 1.807) is 0 Å². The monoisotopic (exact) mass is 520 g/mol. The van der Waals surface area contributed by atoms with Crippen LogP contribution >= 0.6 is 0 Å². The number of nitrogens with zero attached hydrogens (tertiary/aromatic N) is 4. The van der Waals surface area contributed by atoms with Gasteiger partial charge in [0.25, 0.3) is 0 Å². The molecule has 0 spiro atoms. The van der Waals surface area contributed by atoms with E-state index in [4.69, 9.17) is 25.9 Å². The maximum Gasteiger partial charge on any atom is 0.485 e. The predicted octanol–water partition coefficient (Wildman–Crippen LogP) is 0.768. The minimum Gasteiger partial charge on any atom is -0.741 e. The largest absolute Gasteiger partial charge is 0.741 e. The van der Waals surface area contributed by atoms with Gasteiger partial charge in [0, 0.05) is 0 Å². The van der Waals surface area contributed by atoms with Crippen LogP contribution in [0.4, 0.5) is 26.3 Å². The molecule has 0 aliphatic heterocycles. The Morgan fingerprint density at radius 1 is 0.719 bits per heavy atom. The number of halogens is 6. The molecular formula is C14H22F6N4O6S2. The van der Waals surface area contributed by atoms with E-state index in [1.165, 1.54) is 0 Å². The molecule has 0 bridgehead atoms. The molecule has 0 saturated heterocycles. The first-order valence-electron chi connectivity index (χ1n) is 8.22. The van der Waals surface area contributed by atoms with Crippen LogP contribution in [0.5, 0.6) is 0 Å². The van der Waals surface area contributed by atoms with E-state index in [-0.39, 0.29) is 0 Å². The highest BCUT2D eigenvalue weighted by Gasteiger charge is 2.37. The van der Waals surface area contributed by atoms with Crippen molar-refractivity contribution in [3.05, 3.63) is 37.4 Å². The average molecular weight is 520 g/mol. The fraction of sp³-hybridized carbons (Fsp3) is 0.571. The summed E-state index contributed by atoms with van der Waals surface area (Å²) in [7, 11) is -8.14. The lowest BCUT2D eigenvalue weighted by atomic mass is 10.7. The second-order valence-corrected chi connectivity index (χ2v) is 8.36. The number of alkyl halides is 6. The molecule has 0 aliphatic carbocycles. The van der Waals surface area contributed by atoms with Crippen molar-refractivity contribution in [3.63, 3.8) is 0 Å². The van der Waals surface area contributed by atoms with Crippen LogP contribution in [0.2, 0.25) is 0 Å². The average Bonchev–Trinajstić information content (AvgIpc) is 3.21. The fourth-order valence-corrected chi connectivity index (χ4v) is 1.38. The van der Waals surface area contributed by atoms with Gasteiger partial charge in [-0.05, 0) is 13.8 Å². The molecule has 0 saturated carbocycles. The first-order chi connectivity index (χ1) is 14.2. The van der Waals surface area contributed by atoms with Gasteiger partial charge in [-0.1, -0.05) is 0 Å². The zero-order valence-electron chi connectivity index (χ0n) is 17.2. The molecular weight excluding hydrogens is 498 g/mol. The van der Waals surface area contributed by atoms with Crippen molar-refractivity contribution < 1.29 is 61.4 Å². The van der Waals surface area contributed by atoms with Gasteiger partial charge >= 0.3 is 11.0 Å². The van der Waals surface area contributed by atoms with Gasteiger partial charge in [0.2, 0.25) is 12.7 Å². The first kappa shape index (κ1) is 32.0. The van der Waals surface area contributed by atoms with Crippen molar-refractivity contribution in [2.45, 2.75) is 38.0 Å². The van der Waals surface area contributed by atoms with Crippen molar-refractivity contribution in [3.8, 4) is 0 Å². The molecule has 0 radical (unpaired) electrons. The number of aryl methyl sites for hydroxylation is 4. The van der Waals surface area contributed by atoms with Crippen LogP contribution in [-0.4, -0.2) is 46.1 Å². The summed E-state index contributed by atoms with van der Waals surface area (Å²) in [5, 5.41) is 0. The normalized spacial score (nSPS) is 11.9. The van der Waals surface area contributed by atoms with Gasteiger partial charge < -0.3 is 9.11 Å². The smallest absolute Gasteiger partial charge is 0.485 e. The third-order valence-corrected chi connectivity index (χ3v) is 4.08. The second kappa shape index (κ2) is 12.8. The Balaban J connectivity index is 0. The minimum atomic E-state index is -6.09. The second-order valence-electron chi connectivity index (χ2n) is 5.62. The summed E-state index contributed by atoms with van der Waals surface area (Å²) in [4.78, 5) is 0. The zero-order chi connectivity index (χ0) is 26.0. The molecule has 0 amide bonds. The molecule has 32 heavy (non-hydrogen) atoms. The standard InChI is InChI=1S/2C6H11N2.2CHF3O3S/c2*1-3-8-5-4-7(2)6-8;2*2-1(3,4)8(5,6)7/h2*4-6H,3H2,1-2H3;2*(H,5,6,7)/q2*+1;;/p-2. The molecule has 2 rings (SSSR count). The van der Waals surface area contributed by atoms with Gasteiger partial charge in [-0.15, -0.1) is 0 Å². The first-order valence-corrected chi connectivity index (χ1v) is 11.0. The molecule has 2 aromatic rings. The van der Waals surface area contributed by atoms with E-state index < -0.39 is 31.3 Å². The summed E-state index contributed by atoms with van der Waals surface area (Å²) < 4.78 is 126. The Kier molecular flexibility index (Phi) is 12.8. The number of hydrogen-bond acceptors (Lipinski definition) is 6. The topological polar surface area (TPSA) is 132 Å². The van der Waals surface area contributed by atoms with E-state index in [2.05, 4.69) is 48.0 Å². The molecule has 0 fully saturated rings. The highest BCUT2D eigenvalue weighted by Crippen LogP contribution is 2.21. The zero-order valence-corrected chi connectivity index (χ0v) is 18.8. The van der Waals surface area contributed by atoms with Gasteiger partial charge in [-0.25, -0.2) is 35.1 Å². The van der Waals surface area contributed by atoms with Gasteiger partial charge in [0.05, 0.1) is 27.2 Å². The fourth-order valence-electron chi connectivity index (χ4n) is 1.38. The van der Waals surface area contributed by atoms with E-state index in [9.17, 15) is 26.3 Å². The van der Waals surface area contributed by atoms with Crippen LogP contribution in [0.1, 0.15) is 13.8 Å². The lowest BCUT2D eigenvalue weighted by Gasteiger charge is -2.08. The molecule has 0 aliphatic rings. The molecule has 0 unspecified atom stereocenters. The van der Waals surface area contributed by atoms with Crippen molar-refractivity contribution >= 4 is 20.2 Å². The van der Waals surface area contributed by atoms with Crippen LogP contribution < -0.4 is 9.13 Å². The van der Waals surface area contributed by atoms with Crippen LogP contribution in [-0.2, 0) is 47.4 Å². The van der Waals surface area contributed by atoms with E-state index in [0.29, 0.717) is 0 Å². The number of hydrogen-bond donors (Lipinski definition) is 0. The molecule has 0 N–H and O–H groups in total. The van der Waals surface area contributed by atoms with Gasteiger partial charge in [0.15, 0.2) is 20.2 Å². The summed E-state index contributed by atoms with van der Waals surface area (Å²) >= 11 is 0. The van der Waals surface area contributed by atoms with Crippen molar-refractivity contribution in [1.29, 1.82) is 0 Å². The third-order valence-electron chi connectivity index (χ3n) is 2.94. The number of rotatable bonds is 2. The maximum atomic E-state index is 10.7. The Morgan fingerprint density at radius 2 is 0.938 bits per heavy atom. The predicted molar refractivity (Wildman–Crippen MR) is 94.1 cm³/mol. The van der Waals surface area contributed by atoms with Gasteiger partial charge in [-0.3, -0.25) is 0 Å². The highest BCUT2D eigenvalue weighted by molar-refractivity contribution is 7.86. The molecule has 0 aromatic carbocycles. The molecule has 10 nitrogen and oxygen atoms in total. The van der Waals surface area contributed by atoms with Crippen molar-refractivity contribution in [2.24, 2.45) is 14.1 Å². The summed E-state index contributed by atoms with van der Waals surface area (Å²) in [6.07, 6.45) is 12.3. The van der Waals surface area contributed by atoms with E-state index in [0.717, 1.165) is 13.1 Å². The maximum absolute atomic E-state index is 10.7. The van der Waals surface area contributed by atoms with Crippen LogP contribution in [0, 0.1) is 0 Å². The molecule has 2 aromatic heterocycles. The molecule has 188 valence electrons. The van der Waals surface area contributed by atoms with E-state index >= 15 is 0 Å². The lowest BCUT2D eigenvalue weighted by molar-refractivity contribution is -0.671. The number of imidazole rings is 2. The molecule has 0 atom stereocenters. The summed E-state index contributed by atoms with van der Waals surface area (Å²) in [6.45, 7) is 6.36. The Bertz CT molecular complexity index is 931. The summed E-state index contributed by atoms with van der Waals surface area (Å²) in [5.41, 5.74) is -11.3. The van der Waals surface area contributed by atoms with Crippen molar-refractivity contribution in [1.82, 2.24) is 9.13 Å². The summed E-state index contributed by atoms with van der Waals surface area (Å²) in [6, 6.07) is 0.